The zero-order valence-corrected chi connectivity index (χ0v) is 18.2. The second-order valence-corrected chi connectivity index (χ2v) is 8.45. The predicted octanol–water partition coefficient (Wildman–Crippen LogP) is 3.83. The van der Waals surface area contributed by atoms with Crippen LogP contribution < -0.4 is 0 Å². The normalized spacial score (nSPS) is 22.6. The summed E-state index contributed by atoms with van der Waals surface area (Å²) in [7, 11) is 0. The highest BCUT2D eigenvalue weighted by molar-refractivity contribution is 5.85. The van der Waals surface area contributed by atoms with Gasteiger partial charge in [0.05, 0.1) is 0 Å². The average molecular weight is 415 g/mol. The van der Waals surface area contributed by atoms with Crippen LogP contribution in [-0.4, -0.2) is 51.5 Å². The second-order valence-electron chi connectivity index (χ2n) is 8.45. The molecule has 0 amide bonds. The van der Waals surface area contributed by atoms with Gasteiger partial charge in [0.2, 0.25) is 0 Å². The Morgan fingerprint density at radius 2 is 1.24 bits per heavy atom. The summed E-state index contributed by atoms with van der Waals surface area (Å²) in [5.41, 5.74) is 0. The molecule has 6 heteroatoms. The van der Waals surface area contributed by atoms with Crippen LogP contribution in [0.3, 0.4) is 0 Å². The van der Waals surface area contributed by atoms with Gasteiger partial charge in [-0.15, -0.1) is 0 Å². The summed E-state index contributed by atoms with van der Waals surface area (Å²) in [4.78, 5) is 23.2. The summed E-state index contributed by atoms with van der Waals surface area (Å²) >= 11 is 0. The molecule has 0 aromatic heterocycles. The fourth-order valence-electron chi connectivity index (χ4n) is 3.85. The minimum Gasteiger partial charge on any atom is -0.454 e. The maximum absolute atomic E-state index is 12.0. The Morgan fingerprint density at radius 3 is 1.62 bits per heavy atom. The molecule has 0 spiro atoms. The molecule has 1 aliphatic heterocycles. The molecule has 170 valence electrons. The van der Waals surface area contributed by atoms with E-state index in [9.17, 15) is 24.9 Å². The van der Waals surface area contributed by atoms with Crippen LogP contribution in [0.15, 0.2) is 0 Å². The third-order valence-electron chi connectivity index (χ3n) is 5.82. The minimum absolute atomic E-state index is 0.191. The van der Waals surface area contributed by atoms with Gasteiger partial charge in [0.1, 0.15) is 6.10 Å². The summed E-state index contributed by atoms with van der Waals surface area (Å²) in [5, 5.41) is 28.9. The molecule has 1 heterocycles. The molecule has 1 rings (SSSR count). The molecule has 0 aromatic rings. The summed E-state index contributed by atoms with van der Waals surface area (Å²) in [6, 6.07) is 0. The van der Waals surface area contributed by atoms with E-state index in [1.807, 2.05) is 0 Å². The number of cyclic esters (lactones) is 1. The van der Waals surface area contributed by atoms with E-state index in [1.165, 1.54) is 77.0 Å². The Labute approximate surface area is 176 Å². The lowest BCUT2D eigenvalue weighted by Crippen LogP contribution is -2.42. The van der Waals surface area contributed by atoms with E-state index < -0.39 is 36.2 Å². The van der Waals surface area contributed by atoms with Gasteiger partial charge in [-0.1, -0.05) is 96.8 Å². The summed E-state index contributed by atoms with van der Waals surface area (Å²) in [6.07, 6.45) is 12.6. The maximum atomic E-state index is 12.0. The zero-order chi connectivity index (χ0) is 21.5. The molecule has 4 atom stereocenters. The van der Waals surface area contributed by atoms with Gasteiger partial charge in [0.25, 0.3) is 0 Å². The minimum atomic E-state index is -1.69. The van der Waals surface area contributed by atoms with Gasteiger partial charge in [-0.3, -0.25) is 4.79 Å². The first-order chi connectivity index (χ1) is 14.0. The van der Waals surface area contributed by atoms with E-state index in [0.717, 1.165) is 12.8 Å². The van der Waals surface area contributed by atoms with Crippen LogP contribution in [0.25, 0.3) is 0 Å². The van der Waals surface area contributed by atoms with Crippen molar-refractivity contribution in [3.63, 3.8) is 0 Å². The molecule has 6 nitrogen and oxygen atoms in total. The number of esters is 1. The van der Waals surface area contributed by atoms with E-state index >= 15 is 0 Å². The van der Waals surface area contributed by atoms with Gasteiger partial charge in [-0.2, -0.15) is 0 Å². The van der Waals surface area contributed by atoms with Gasteiger partial charge in [0, 0.05) is 6.42 Å². The van der Waals surface area contributed by atoms with Gasteiger partial charge < -0.3 is 20.1 Å². The molecule has 0 aliphatic carbocycles. The quantitative estimate of drug-likeness (QED) is 0.233. The van der Waals surface area contributed by atoms with Crippen molar-refractivity contribution in [2.24, 2.45) is 0 Å². The van der Waals surface area contributed by atoms with Gasteiger partial charge in [-0.05, 0) is 6.42 Å². The number of unbranched alkanes of at least 4 members (excludes halogenated alkanes) is 14. The van der Waals surface area contributed by atoms with Gasteiger partial charge in [0.15, 0.2) is 24.1 Å². The van der Waals surface area contributed by atoms with Crippen LogP contribution in [0.2, 0.25) is 0 Å². The van der Waals surface area contributed by atoms with Crippen molar-refractivity contribution in [1.82, 2.24) is 0 Å². The Balaban J connectivity index is 1.90. The van der Waals surface area contributed by atoms with Crippen molar-refractivity contribution in [2.45, 2.75) is 134 Å². The molecule has 0 unspecified atom stereocenters. The molecule has 1 fully saturated rings. The average Bonchev–Trinajstić information content (AvgIpc) is 2.97. The number of hydrogen-bond acceptors (Lipinski definition) is 6. The fraction of sp³-hybridized carbons (Fsp3) is 0.913. The number of carbonyl (C=O) groups is 2. The van der Waals surface area contributed by atoms with Gasteiger partial charge in [-0.25, -0.2) is 4.79 Å². The number of aliphatic hydroxyl groups is 3. The van der Waals surface area contributed by atoms with Crippen molar-refractivity contribution < 1.29 is 29.6 Å². The van der Waals surface area contributed by atoms with E-state index in [1.54, 1.807) is 0 Å². The largest absolute Gasteiger partial charge is 0.454 e. The van der Waals surface area contributed by atoms with Crippen molar-refractivity contribution >= 4 is 11.8 Å². The SMILES string of the molecule is CCCCCCCCCCCCCCCCCC(=O)[C@H](O)[C@H]1OC(=O)[C@@H](O)[C@H]1O. The van der Waals surface area contributed by atoms with E-state index in [4.69, 9.17) is 0 Å². The topological polar surface area (TPSA) is 104 Å². The summed E-state index contributed by atoms with van der Waals surface area (Å²) in [6.45, 7) is 2.25. The zero-order valence-electron chi connectivity index (χ0n) is 18.2. The van der Waals surface area contributed by atoms with E-state index in [-0.39, 0.29) is 6.42 Å². The van der Waals surface area contributed by atoms with Crippen molar-refractivity contribution in [2.75, 3.05) is 0 Å². The first-order valence-corrected chi connectivity index (χ1v) is 11.8. The molecular formula is C23H42O6. The van der Waals surface area contributed by atoms with Crippen LogP contribution in [-0.2, 0) is 14.3 Å². The molecular weight excluding hydrogens is 372 g/mol. The highest BCUT2D eigenvalue weighted by Gasteiger charge is 2.47. The summed E-state index contributed by atoms with van der Waals surface area (Å²) < 4.78 is 4.69. The monoisotopic (exact) mass is 414 g/mol. The molecule has 3 N–H and O–H groups in total. The van der Waals surface area contributed by atoms with Crippen LogP contribution in [0.1, 0.15) is 110 Å². The van der Waals surface area contributed by atoms with Crippen molar-refractivity contribution in [3.8, 4) is 0 Å². The van der Waals surface area contributed by atoms with Crippen LogP contribution >= 0.6 is 0 Å². The molecule has 29 heavy (non-hydrogen) atoms. The smallest absolute Gasteiger partial charge is 0.338 e. The lowest BCUT2D eigenvalue weighted by atomic mass is 9.98. The van der Waals surface area contributed by atoms with Crippen molar-refractivity contribution in [3.05, 3.63) is 0 Å². The predicted molar refractivity (Wildman–Crippen MR) is 112 cm³/mol. The first-order valence-electron chi connectivity index (χ1n) is 11.8. The van der Waals surface area contributed by atoms with E-state index in [2.05, 4.69) is 11.7 Å². The molecule has 0 saturated carbocycles. The third kappa shape index (κ3) is 10.6. The van der Waals surface area contributed by atoms with Crippen molar-refractivity contribution in [1.29, 1.82) is 0 Å². The third-order valence-corrected chi connectivity index (χ3v) is 5.82. The molecule has 0 bridgehead atoms. The number of Topliss-reactive ketones (excluding diaryl/α,β-unsaturated/α-hetero) is 1. The van der Waals surface area contributed by atoms with Crippen LogP contribution in [0.4, 0.5) is 0 Å². The lowest BCUT2D eigenvalue weighted by molar-refractivity contribution is -0.153. The Bertz CT molecular complexity index is 453. The fourth-order valence-corrected chi connectivity index (χ4v) is 3.85. The van der Waals surface area contributed by atoms with E-state index in [0.29, 0.717) is 6.42 Å². The Morgan fingerprint density at radius 1 is 0.828 bits per heavy atom. The molecule has 0 aromatic carbocycles. The standard InChI is InChI=1S/C23H42O6/c1-2-3-4-5-6-7-8-9-10-11-12-13-14-15-16-17-18(24)19(25)22-20(26)21(27)23(28)29-22/h19-22,25-27H,2-17H2,1H3/t19-,20+,21-,22+/m0/s1. The Hall–Kier alpha value is -0.980. The highest BCUT2D eigenvalue weighted by atomic mass is 16.6. The Kier molecular flexibility index (Phi) is 14.2. The van der Waals surface area contributed by atoms with Gasteiger partial charge >= 0.3 is 5.97 Å². The number of aliphatic hydroxyl groups excluding tert-OH is 3. The maximum Gasteiger partial charge on any atom is 0.338 e. The van der Waals surface area contributed by atoms with Crippen LogP contribution in [0, 0.1) is 0 Å². The molecule has 1 aliphatic rings. The number of rotatable bonds is 18. The highest BCUT2D eigenvalue weighted by Crippen LogP contribution is 2.21. The molecule has 1 saturated heterocycles. The lowest BCUT2D eigenvalue weighted by Gasteiger charge is -2.18. The second kappa shape index (κ2) is 15.8. The number of ether oxygens (including phenoxy) is 1. The van der Waals surface area contributed by atoms with Crippen LogP contribution in [0.5, 0.6) is 0 Å². The number of hydrogen-bond donors (Lipinski definition) is 3. The summed E-state index contributed by atoms with van der Waals surface area (Å²) in [5.74, 6) is -1.45. The first kappa shape index (κ1) is 26.1. The number of carbonyl (C=O) groups excluding carboxylic acids is 2. The number of ketones is 1. The molecule has 0 radical (unpaired) electrons.